The summed E-state index contributed by atoms with van der Waals surface area (Å²) in [5, 5.41) is 4.35. The van der Waals surface area contributed by atoms with Crippen LogP contribution in [0.4, 0.5) is 0 Å². The Morgan fingerprint density at radius 2 is 2.00 bits per heavy atom. The molecule has 2 aliphatic rings. The molecule has 1 aromatic rings. The summed E-state index contributed by atoms with van der Waals surface area (Å²) in [4.78, 5) is 2.57. The van der Waals surface area contributed by atoms with Crippen LogP contribution in [0.3, 0.4) is 0 Å². The van der Waals surface area contributed by atoms with Crippen molar-refractivity contribution in [1.29, 1.82) is 0 Å². The molecular formula is C15H21BrCl2N2. The molecule has 1 aromatic carbocycles. The van der Waals surface area contributed by atoms with Crippen LogP contribution in [0.25, 0.3) is 0 Å². The summed E-state index contributed by atoms with van der Waals surface area (Å²) < 4.78 is 1.05. The first-order chi connectivity index (χ1) is 9.17. The first-order valence-electron chi connectivity index (χ1n) is 7.04. The van der Waals surface area contributed by atoms with Gasteiger partial charge in [0.1, 0.15) is 0 Å². The molecule has 0 aliphatic carbocycles. The zero-order valence-electron chi connectivity index (χ0n) is 11.5. The van der Waals surface area contributed by atoms with Gasteiger partial charge in [0.2, 0.25) is 0 Å². The second-order valence-corrected chi connectivity index (χ2v) is 7.27. The third kappa shape index (κ3) is 3.69. The Bertz CT molecular complexity index is 461. The fourth-order valence-corrected chi connectivity index (χ4v) is 4.15. The quantitative estimate of drug-likeness (QED) is 0.831. The molecular weight excluding hydrogens is 359 g/mol. The number of likely N-dealkylation sites (tertiary alicyclic amines) is 1. The molecule has 1 spiro atoms. The highest BCUT2D eigenvalue weighted by Gasteiger charge is 2.38. The van der Waals surface area contributed by atoms with Gasteiger partial charge in [0, 0.05) is 22.6 Å². The highest BCUT2D eigenvalue weighted by Crippen LogP contribution is 2.39. The third-order valence-corrected chi connectivity index (χ3v) is 5.44. The standard InChI is InChI=1S/C15H20BrClN2.ClH/c16-13-2-1-12(14(17)9-13)10-19-8-5-15(11-19)3-6-18-7-4-15;/h1-2,9,18H,3-8,10-11H2;1H. The molecule has 2 saturated heterocycles. The van der Waals surface area contributed by atoms with E-state index in [2.05, 4.69) is 38.3 Å². The number of halogens is 3. The molecule has 0 amide bonds. The second kappa shape index (κ2) is 6.97. The first-order valence-corrected chi connectivity index (χ1v) is 8.21. The Kier molecular flexibility index (Phi) is 5.78. The van der Waals surface area contributed by atoms with E-state index in [4.69, 9.17) is 11.6 Å². The van der Waals surface area contributed by atoms with Crippen LogP contribution in [-0.4, -0.2) is 31.1 Å². The molecule has 0 saturated carbocycles. The average Bonchev–Trinajstić information content (AvgIpc) is 2.77. The molecule has 2 nitrogen and oxygen atoms in total. The van der Waals surface area contributed by atoms with E-state index in [1.807, 2.05) is 6.07 Å². The van der Waals surface area contributed by atoms with Crippen LogP contribution in [0.5, 0.6) is 0 Å². The number of hydrogen-bond donors (Lipinski definition) is 1. The molecule has 0 unspecified atom stereocenters. The van der Waals surface area contributed by atoms with E-state index < -0.39 is 0 Å². The van der Waals surface area contributed by atoms with Crippen molar-refractivity contribution < 1.29 is 0 Å². The van der Waals surface area contributed by atoms with Crippen LogP contribution in [0.2, 0.25) is 5.02 Å². The molecule has 3 rings (SSSR count). The first kappa shape index (κ1) is 16.6. The second-order valence-electron chi connectivity index (χ2n) is 5.95. The molecule has 0 atom stereocenters. The van der Waals surface area contributed by atoms with E-state index in [-0.39, 0.29) is 12.4 Å². The maximum atomic E-state index is 6.32. The van der Waals surface area contributed by atoms with Crippen LogP contribution in [-0.2, 0) is 6.54 Å². The van der Waals surface area contributed by atoms with Gasteiger partial charge in [0.15, 0.2) is 0 Å². The Morgan fingerprint density at radius 3 is 2.70 bits per heavy atom. The molecule has 20 heavy (non-hydrogen) atoms. The zero-order chi connectivity index (χ0) is 13.3. The summed E-state index contributed by atoms with van der Waals surface area (Å²) >= 11 is 9.78. The summed E-state index contributed by atoms with van der Waals surface area (Å²) in [6.07, 6.45) is 4.01. The highest BCUT2D eigenvalue weighted by atomic mass is 79.9. The average molecular weight is 380 g/mol. The van der Waals surface area contributed by atoms with Crippen LogP contribution >= 0.6 is 39.9 Å². The van der Waals surface area contributed by atoms with E-state index in [0.717, 1.165) is 16.0 Å². The number of rotatable bonds is 2. The summed E-state index contributed by atoms with van der Waals surface area (Å²) in [5.41, 5.74) is 1.82. The van der Waals surface area contributed by atoms with Crippen molar-refractivity contribution in [2.75, 3.05) is 26.2 Å². The van der Waals surface area contributed by atoms with Crippen molar-refractivity contribution in [3.05, 3.63) is 33.3 Å². The van der Waals surface area contributed by atoms with Gasteiger partial charge in [-0.15, -0.1) is 12.4 Å². The molecule has 2 heterocycles. The normalized spacial score (nSPS) is 21.9. The van der Waals surface area contributed by atoms with Crippen molar-refractivity contribution in [3.8, 4) is 0 Å². The third-order valence-electron chi connectivity index (χ3n) is 4.59. The van der Waals surface area contributed by atoms with Crippen LogP contribution < -0.4 is 5.32 Å². The van der Waals surface area contributed by atoms with Crippen molar-refractivity contribution in [1.82, 2.24) is 10.2 Å². The molecule has 2 fully saturated rings. The number of nitrogens with one attached hydrogen (secondary N) is 1. The number of nitrogens with zero attached hydrogens (tertiary/aromatic N) is 1. The van der Waals surface area contributed by atoms with Gasteiger partial charge in [0.25, 0.3) is 0 Å². The van der Waals surface area contributed by atoms with Crippen molar-refractivity contribution in [3.63, 3.8) is 0 Å². The lowest BCUT2D eigenvalue weighted by Gasteiger charge is -2.34. The molecule has 112 valence electrons. The minimum Gasteiger partial charge on any atom is -0.317 e. The lowest BCUT2D eigenvalue weighted by Crippen LogP contribution is -2.38. The van der Waals surface area contributed by atoms with Gasteiger partial charge in [-0.25, -0.2) is 0 Å². The number of hydrogen-bond acceptors (Lipinski definition) is 2. The van der Waals surface area contributed by atoms with E-state index in [0.29, 0.717) is 5.41 Å². The predicted octanol–water partition coefficient (Wildman–Crippen LogP) is 4.10. The summed E-state index contributed by atoms with van der Waals surface area (Å²) in [6, 6.07) is 6.21. The minimum absolute atomic E-state index is 0. The van der Waals surface area contributed by atoms with Gasteiger partial charge in [-0.1, -0.05) is 33.6 Å². The van der Waals surface area contributed by atoms with E-state index >= 15 is 0 Å². The van der Waals surface area contributed by atoms with Gasteiger partial charge in [-0.2, -0.15) is 0 Å². The largest absolute Gasteiger partial charge is 0.317 e. The van der Waals surface area contributed by atoms with Crippen LogP contribution in [0, 0.1) is 5.41 Å². The summed E-state index contributed by atoms with van der Waals surface area (Å²) in [6.45, 7) is 5.81. The number of piperidine rings is 1. The fraction of sp³-hybridized carbons (Fsp3) is 0.600. The Morgan fingerprint density at radius 1 is 1.25 bits per heavy atom. The molecule has 2 aliphatic heterocycles. The molecule has 0 radical (unpaired) electrons. The van der Waals surface area contributed by atoms with Crippen molar-refractivity contribution in [2.45, 2.75) is 25.8 Å². The highest BCUT2D eigenvalue weighted by molar-refractivity contribution is 9.10. The Labute approximate surface area is 140 Å². The fourth-order valence-electron chi connectivity index (χ4n) is 3.42. The van der Waals surface area contributed by atoms with Gasteiger partial charge in [-0.05, 0) is 62.0 Å². The smallest absolute Gasteiger partial charge is 0.0462 e. The van der Waals surface area contributed by atoms with Crippen molar-refractivity contribution in [2.24, 2.45) is 5.41 Å². The van der Waals surface area contributed by atoms with Crippen LogP contribution in [0.1, 0.15) is 24.8 Å². The predicted molar refractivity (Wildman–Crippen MR) is 90.8 cm³/mol. The van der Waals surface area contributed by atoms with Gasteiger partial charge < -0.3 is 5.32 Å². The Hall–Kier alpha value is 0.200. The van der Waals surface area contributed by atoms with E-state index in [1.165, 1.54) is 51.0 Å². The Balaban J connectivity index is 0.00000147. The van der Waals surface area contributed by atoms with Gasteiger partial charge >= 0.3 is 0 Å². The lowest BCUT2D eigenvalue weighted by atomic mass is 9.78. The van der Waals surface area contributed by atoms with Crippen LogP contribution in [0.15, 0.2) is 22.7 Å². The molecule has 1 N–H and O–H groups in total. The topological polar surface area (TPSA) is 15.3 Å². The van der Waals surface area contributed by atoms with E-state index in [9.17, 15) is 0 Å². The molecule has 0 aromatic heterocycles. The maximum Gasteiger partial charge on any atom is 0.0462 e. The van der Waals surface area contributed by atoms with Gasteiger partial charge in [0.05, 0.1) is 0 Å². The van der Waals surface area contributed by atoms with Gasteiger partial charge in [-0.3, -0.25) is 4.90 Å². The SMILES string of the molecule is Cl.Clc1cc(Br)ccc1CN1CCC2(CCNCC2)C1. The van der Waals surface area contributed by atoms with E-state index in [1.54, 1.807) is 0 Å². The summed E-state index contributed by atoms with van der Waals surface area (Å²) in [7, 11) is 0. The molecule has 5 heteroatoms. The number of benzene rings is 1. The van der Waals surface area contributed by atoms with Crippen molar-refractivity contribution >= 4 is 39.9 Å². The maximum absolute atomic E-state index is 6.32. The monoisotopic (exact) mass is 378 g/mol. The zero-order valence-corrected chi connectivity index (χ0v) is 14.7. The molecule has 0 bridgehead atoms. The minimum atomic E-state index is 0. The summed E-state index contributed by atoms with van der Waals surface area (Å²) in [5.74, 6) is 0. The lowest BCUT2D eigenvalue weighted by molar-refractivity contribution is 0.194.